The van der Waals surface area contributed by atoms with Gasteiger partial charge in [0.15, 0.2) is 5.69 Å². The van der Waals surface area contributed by atoms with Crippen molar-refractivity contribution in [3.63, 3.8) is 0 Å². The molecule has 0 bridgehead atoms. The van der Waals surface area contributed by atoms with Gasteiger partial charge in [0.1, 0.15) is 0 Å². The van der Waals surface area contributed by atoms with Gasteiger partial charge in [0.2, 0.25) is 0 Å². The van der Waals surface area contributed by atoms with Crippen molar-refractivity contribution in [2.75, 3.05) is 6.54 Å². The van der Waals surface area contributed by atoms with Crippen LogP contribution in [-0.2, 0) is 6.42 Å². The maximum Gasteiger partial charge on any atom is 0.335 e. The van der Waals surface area contributed by atoms with Gasteiger partial charge in [-0.15, -0.1) is 0 Å². The van der Waals surface area contributed by atoms with E-state index in [1.54, 1.807) is 24.3 Å². The molecule has 1 aromatic carbocycles. The number of nitrogens with zero attached hydrogens (tertiary/aromatic N) is 2. The molecule has 0 saturated heterocycles. The van der Waals surface area contributed by atoms with Crippen LogP contribution in [0.5, 0.6) is 0 Å². The molecule has 98 valence electrons. The van der Waals surface area contributed by atoms with E-state index in [1.807, 2.05) is 0 Å². The summed E-state index contributed by atoms with van der Waals surface area (Å²) in [5.74, 6) is -1.20. The van der Waals surface area contributed by atoms with Crippen LogP contribution in [0.15, 0.2) is 30.5 Å². The number of carbonyl (C=O) groups is 2. The van der Waals surface area contributed by atoms with Crippen molar-refractivity contribution < 1.29 is 14.7 Å². The Bertz CT molecular complexity index is 566. The number of aromatic carboxylic acids is 1. The van der Waals surface area contributed by atoms with E-state index in [0.717, 1.165) is 17.3 Å². The Hall–Kier alpha value is -2.28. The van der Waals surface area contributed by atoms with Gasteiger partial charge in [0.25, 0.3) is 5.91 Å². The summed E-state index contributed by atoms with van der Waals surface area (Å²) in [7, 11) is 0. The van der Waals surface area contributed by atoms with Gasteiger partial charge in [-0.3, -0.25) is 4.79 Å². The molecule has 1 aromatic heterocycles. The lowest BCUT2D eigenvalue weighted by atomic mass is 10.1. The Morgan fingerprint density at radius 2 is 2.00 bits per heavy atom. The Balaban J connectivity index is 1.82. The SMILES string of the molecule is O=C(O)c1ccc(CCNC(=O)c2cnsn2)cc1. The molecule has 1 heterocycles. The minimum Gasteiger partial charge on any atom is -0.478 e. The summed E-state index contributed by atoms with van der Waals surface area (Å²) in [6.45, 7) is 0.461. The van der Waals surface area contributed by atoms with E-state index in [-0.39, 0.29) is 11.5 Å². The van der Waals surface area contributed by atoms with Crippen LogP contribution >= 0.6 is 11.7 Å². The number of carbonyl (C=O) groups excluding carboxylic acids is 1. The first-order valence-corrected chi connectivity index (χ1v) is 6.28. The van der Waals surface area contributed by atoms with E-state index in [4.69, 9.17) is 5.11 Å². The molecular weight excluding hydrogens is 266 g/mol. The topological polar surface area (TPSA) is 92.2 Å². The van der Waals surface area contributed by atoms with Crippen molar-refractivity contribution in [3.8, 4) is 0 Å². The second-order valence-electron chi connectivity index (χ2n) is 3.80. The number of amides is 1. The highest BCUT2D eigenvalue weighted by atomic mass is 32.1. The van der Waals surface area contributed by atoms with Crippen LogP contribution in [0.25, 0.3) is 0 Å². The van der Waals surface area contributed by atoms with Gasteiger partial charge in [0, 0.05) is 6.54 Å². The van der Waals surface area contributed by atoms with Crippen molar-refractivity contribution >= 4 is 23.6 Å². The largest absolute Gasteiger partial charge is 0.478 e. The average molecular weight is 277 g/mol. The van der Waals surface area contributed by atoms with Crippen LogP contribution in [-0.4, -0.2) is 32.3 Å². The maximum absolute atomic E-state index is 11.6. The molecule has 6 nitrogen and oxygen atoms in total. The molecule has 19 heavy (non-hydrogen) atoms. The molecule has 0 atom stereocenters. The standard InChI is InChI=1S/C12H11N3O3S/c16-11(10-7-14-19-15-10)13-6-5-8-1-3-9(4-2-8)12(17)18/h1-4,7H,5-6H2,(H,13,16)(H,17,18). The Morgan fingerprint density at radius 1 is 1.26 bits per heavy atom. The van der Waals surface area contributed by atoms with Crippen molar-refractivity contribution in [2.24, 2.45) is 0 Å². The van der Waals surface area contributed by atoms with Crippen molar-refractivity contribution in [1.82, 2.24) is 14.1 Å². The fourth-order valence-corrected chi connectivity index (χ4v) is 1.90. The summed E-state index contributed by atoms with van der Waals surface area (Å²) in [4.78, 5) is 22.2. The van der Waals surface area contributed by atoms with Gasteiger partial charge in [-0.05, 0) is 24.1 Å². The third-order valence-corrected chi connectivity index (χ3v) is 2.97. The summed E-state index contributed by atoms with van der Waals surface area (Å²) in [5.41, 5.74) is 1.52. The van der Waals surface area contributed by atoms with Crippen molar-refractivity contribution in [2.45, 2.75) is 6.42 Å². The number of carboxylic acid groups (broad SMARTS) is 1. The van der Waals surface area contributed by atoms with Crippen LogP contribution in [0.1, 0.15) is 26.4 Å². The van der Waals surface area contributed by atoms with Gasteiger partial charge in [-0.2, -0.15) is 8.75 Å². The van der Waals surface area contributed by atoms with Gasteiger partial charge >= 0.3 is 5.97 Å². The van der Waals surface area contributed by atoms with E-state index in [2.05, 4.69) is 14.1 Å². The first-order valence-electron chi connectivity index (χ1n) is 5.55. The van der Waals surface area contributed by atoms with Crippen LogP contribution in [0, 0.1) is 0 Å². The fraction of sp³-hybridized carbons (Fsp3) is 0.167. The number of hydrogen-bond donors (Lipinski definition) is 2. The normalized spacial score (nSPS) is 10.1. The van der Waals surface area contributed by atoms with Gasteiger partial charge in [-0.25, -0.2) is 4.79 Å². The lowest BCUT2D eigenvalue weighted by Gasteiger charge is -2.03. The average Bonchev–Trinajstić information content (AvgIpc) is 2.93. The lowest BCUT2D eigenvalue weighted by molar-refractivity contribution is 0.0696. The molecular formula is C12H11N3O3S. The Labute approximate surface area is 113 Å². The Kier molecular flexibility index (Phi) is 4.19. The van der Waals surface area contributed by atoms with Crippen LogP contribution in [0.3, 0.4) is 0 Å². The fourth-order valence-electron chi connectivity index (χ4n) is 1.49. The maximum atomic E-state index is 11.6. The number of carboxylic acids is 1. The third-order valence-electron chi connectivity index (χ3n) is 2.49. The van der Waals surface area contributed by atoms with Crippen LogP contribution in [0.2, 0.25) is 0 Å². The summed E-state index contributed by atoms with van der Waals surface area (Å²) < 4.78 is 7.58. The van der Waals surface area contributed by atoms with E-state index in [9.17, 15) is 9.59 Å². The summed E-state index contributed by atoms with van der Waals surface area (Å²) in [6.07, 6.45) is 2.05. The first kappa shape index (κ1) is 13.2. The lowest BCUT2D eigenvalue weighted by Crippen LogP contribution is -2.25. The van der Waals surface area contributed by atoms with Crippen molar-refractivity contribution in [1.29, 1.82) is 0 Å². The zero-order chi connectivity index (χ0) is 13.7. The van der Waals surface area contributed by atoms with E-state index in [1.165, 1.54) is 6.20 Å². The number of rotatable bonds is 5. The third kappa shape index (κ3) is 3.59. The molecule has 2 N–H and O–H groups in total. The van der Waals surface area contributed by atoms with E-state index >= 15 is 0 Å². The highest BCUT2D eigenvalue weighted by molar-refractivity contribution is 6.99. The molecule has 0 fully saturated rings. The molecule has 1 amide bonds. The monoisotopic (exact) mass is 277 g/mol. The summed E-state index contributed by atoms with van der Waals surface area (Å²) in [5, 5.41) is 11.5. The molecule has 0 radical (unpaired) electrons. The van der Waals surface area contributed by atoms with Gasteiger partial charge in [-0.1, -0.05) is 12.1 Å². The molecule has 0 aliphatic rings. The molecule has 2 aromatic rings. The van der Waals surface area contributed by atoms with Gasteiger partial charge in [0.05, 0.1) is 23.5 Å². The van der Waals surface area contributed by atoms with E-state index < -0.39 is 5.97 Å². The first-order chi connectivity index (χ1) is 9.16. The molecule has 2 rings (SSSR count). The predicted octanol–water partition coefficient (Wildman–Crippen LogP) is 1.21. The number of nitrogens with one attached hydrogen (secondary N) is 1. The molecule has 0 aliphatic heterocycles. The zero-order valence-electron chi connectivity index (χ0n) is 9.87. The highest BCUT2D eigenvalue weighted by Crippen LogP contribution is 2.05. The summed E-state index contributed by atoms with van der Waals surface area (Å²) in [6, 6.07) is 6.56. The quantitative estimate of drug-likeness (QED) is 0.857. The Morgan fingerprint density at radius 3 is 2.58 bits per heavy atom. The smallest absolute Gasteiger partial charge is 0.335 e. The molecule has 0 spiro atoms. The number of benzene rings is 1. The van der Waals surface area contributed by atoms with Crippen molar-refractivity contribution in [3.05, 3.63) is 47.3 Å². The molecule has 0 unspecified atom stereocenters. The number of hydrogen-bond acceptors (Lipinski definition) is 5. The summed E-state index contributed by atoms with van der Waals surface area (Å²) >= 11 is 0.986. The number of aromatic nitrogens is 2. The minimum atomic E-state index is -0.948. The van der Waals surface area contributed by atoms with Crippen LogP contribution in [0.4, 0.5) is 0 Å². The highest BCUT2D eigenvalue weighted by Gasteiger charge is 2.07. The molecule has 7 heteroatoms. The van der Waals surface area contributed by atoms with Crippen LogP contribution < -0.4 is 5.32 Å². The zero-order valence-corrected chi connectivity index (χ0v) is 10.7. The van der Waals surface area contributed by atoms with Gasteiger partial charge < -0.3 is 10.4 Å². The predicted molar refractivity (Wildman–Crippen MR) is 69.3 cm³/mol. The second kappa shape index (κ2) is 6.05. The second-order valence-corrected chi connectivity index (χ2v) is 4.36. The minimum absolute atomic E-state index is 0.251. The molecule has 0 aliphatic carbocycles. The molecule has 0 saturated carbocycles. The van der Waals surface area contributed by atoms with E-state index in [0.29, 0.717) is 18.7 Å².